The number of benzene rings is 2. The van der Waals surface area contributed by atoms with Crippen LogP contribution in [-0.2, 0) is 6.42 Å². The van der Waals surface area contributed by atoms with Crippen molar-refractivity contribution in [1.29, 1.82) is 0 Å². The quantitative estimate of drug-likeness (QED) is 0.886. The Balaban J connectivity index is 1.73. The molecule has 0 saturated heterocycles. The van der Waals surface area contributed by atoms with E-state index >= 15 is 0 Å². The number of aryl methyl sites for hydroxylation is 1. The van der Waals surface area contributed by atoms with Gasteiger partial charge in [0.05, 0.1) is 6.54 Å². The fourth-order valence-electron chi connectivity index (χ4n) is 2.90. The van der Waals surface area contributed by atoms with Crippen molar-refractivity contribution in [3.63, 3.8) is 0 Å². The Bertz CT molecular complexity index is 579. The highest BCUT2D eigenvalue weighted by Crippen LogP contribution is 2.29. The Morgan fingerprint density at radius 2 is 1.81 bits per heavy atom. The molecule has 0 amide bonds. The number of ether oxygens (including phenoxy) is 1. The van der Waals surface area contributed by atoms with Crippen molar-refractivity contribution in [1.82, 2.24) is 0 Å². The third-order valence-electron chi connectivity index (χ3n) is 4.11. The molecule has 21 heavy (non-hydrogen) atoms. The van der Waals surface area contributed by atoms with Crippen molar-refractivity contribution in [3.05, 3.63) is 59.7 Å². The Kier molecular flexibility index (Phi) is 4.14. The van der Waals surface area contributed by atoms with Gasteiger partial charge in [0.15, 0.2) is 0 Å². The fourth-order valence-corrected chi connectivity index (χ4v) is 2.90. The molecule has 0 bridgehead atoms. The summed E-state index contributed by atoms with van der Waals surface area (Å²) in [4.78, 5) is 0. The molecule has 2 aromatic carbocycles. The molecule has 110 valence electrons. The average molecular weight is 281 g/mol. The summed E-state index contributed by atoms with van der Waals surface area (Å²) in [5, 5.41) is 3.52. The topological polar surface area (TPSA) is 21.3 Å². The molecule has 0 aromatic heterocycles. The molecular formula is C19H23NO. The number of nitrogens with one attached hydrogen (secondary N) is 1. The predicted molar refractivity (Wildman–Crippen MR) is 88.2 cm³/mol. The van der Waals surface area contributed by atoms with Crippen molar-refractivity contribution in [2.75, 3.05) is 11.9 Å². The van der Waals surface area contributed by atoms with Crippen molar-refractivity contribution in [3.8, 4) is 5.75 Å². The molecule has 1 aliphatic heterocycles. The zero-order valence-electron chi connectivity index (χ0n) is 12.8. The van der Waals surface area contributed by atoms with Crippen LogP contribution in [0.2, 0.25) is 0 Å². The van der Waals surface area contributed by atoms with E-state index < -0.39 is 0 Å². The van der Waals surface area contributed by atoms with Gasteiger partial charge in [-0.3, -0.25) is 0 Å². The zero-order valence-corrected chi connectivity index (χ0v) is 12.8. The van der Waals surface area contributed by atoms with Crippen LogP contribution in [0.5, 0.6) is 5.75 Å². The first-order chi connectivity index (χ1) is 10.2. The van der Waals surface area contributed by atoms with Gasteiger partial charge < -0.3 is 10.1 Å². The Hall–Kier alpha value is -1.96. The van der Waals surface area contributed by atoms with Crippen LogP contribution in [0.25, 0.3) is 0 Å². The summed E-state index contributed by atoms with van der Waals surface area (Å²) in [7, 11) is 0. The summed E-state index contributed by atoms with van der Waals surface area (Å²) >= 11 is 0. The summed E-state index contributed by atoms with van der Waals surface area (Å²) in [6.45, 7) is 5.29. The minimum atomic E-state index is 0.220. The van der Waals surface area contributed by atoms with Crippen LogP contribution < -0.4 is 10.1 Å². The van der Waals surface area contributed by atoms with Crippen molar-refractivity contribution < 1.29 is 4.74 Å². The molecule has 1 N–H and O–H groups in total. The van der Waals surface area contributed by atoms with Crippen LogP contribution in [-0.4, -0.2) is 12.6 Å². The van der Waals surface area contributed by atoms with Crippen LogP contribution in [0.1, 0.15) is 37.3 Å². The molecule has 2 aromatic rings. The third kappa shape index (κ3) is 3.21. The second-order valence-corrected chi connectivity index (χ2v) is 6.01. The Morgan fingerprint density at radius 1 is 1.05 bits per heavy atom. The van der Waals surface area contributed by atoms with Gasteiger partial charge in [-0.05, 0) is 42.0 Å². The zero-order chi connectivity index (χ0) is 14.7. The Morgan fingerprint density at radius 3 is 2.67 bits per heavy atom. The van der Waals surface area contributed by atoms with E-state index in [-0.39, 0.29) is 6.10 Å². The summed E-state index contributed by atoms with van der Waals surface area (Å²) in [6.07, 6.45) is 2.34. The predicted octanol–water partition coefficient (Wildman–Crippen LogP) is 4.62. The molecule has 1 atom stereocenters. The second-order valence-electron chi connectivity index (χ2n) is 6.01. The standard InChI is InChI=1S/C19H23NO/c1-14(2)17-8-4-6-10-19(17)21-16-12-11-15-7-3-5-9-18(15)20-13-16/h3-10,14,16,20H,11-13H2,1-2H3. The van der Waals surface area contributed by atoms with Crippen LogP contribution in [0.15, 0.2) is 48.5 Å². The van der Waals surface area contributed by atoms with Crippen LogP contribution >= 0.6 is 0 Å². The SMILES string of the molecule is CC(C)c1ccccc1OC1CCc2ccccc2NC1. The fraction of sp³-hybridized carbons (Fsp3) is 0.368. The van der Waals surface area contributed by atoms with E-state index in [1.165, 1.54) is 16.8 Å². The lowest BCUT2D eigenvalue weighted by Gasteiger charge is -2.21. The number of para-hydroxylation sites is 2. The maximum absolute atomic E-state index is 6.30. The highest BCUT2D eigenvalue weighted by molar-refractivity contribution is 5.52. The molecule has 0 saturated carbocycles. The van der Waals surface area contributed by atoms with Gasteiger partial charge >= 0.3 is 0 Å². The van der Waals surface area contributed by atoms with Gasteiger partial charge in [0, 0.05) is 5.69 Å². The van der Waals surface area contributed by atoms with E-state index in [0.29, 0.717) is 5.92 Å². The highest BCUT2D eigenvalue weighted by atomic mass is 16.5. The lowest BCUT2D eigenvalue weighted by molar-refractivity contribution is 0.203. The van der Waals surface area contributed by atoms with Crippen molar-refractivity contribution >= 4 is 5.69 Å². The lowest BCUT2D eigenvalue weighted by atomic mass is 10.0. The second kappa shape index (κ2) is 6.21. The van der Waals surface area contributed by atoms with Gasteiger partial charge in [0.1, 0.15) is 11.9 Å². The van der Waals surface area contributed by atoms with Crippen molar-refractivity contribution in [2.45, 2.75) is 38.7 Å². The first-order valence-electron chi connectivity index (χ1n) is 7.81. The molecule has 0 fully saturated rings. The molecule has 2 heteroatoms. The van der Waals surface area contributed by atoms with E-state index in [0.717, 1.165) is 25.1 Å². The molecule has 2 nitrogen and oxygen atoms in total. The molecular weight excluding hydrogens is 258 g/mol. The van der Waals surface area contributed by atoms with E-state index in [4.69, 9.17) is 4.74 Å². The normalized spacial score (nSPS) is 17.8. The minimum Gasteiger partial charge on any atom is -0.488 e. The van der Waals surface area contributed by atoms with Crippen LogP contribution in [0.4, 0.5) is 5.69 Å². The van der Waals surface area contributed by atoms with Gasteiger partial charge in [-0.25, -0.2) is 0 Å². The molecule has 0 radical (unpaired) electrons. The lowest BCUT2D eigenvalue weighted by Crippen LogP contribution is -2.25. The van der Waals surface area contributed by atoms with Gasteiger partial charge in [0.25, 0.3) is 0 Å². The molecule has 1 unspecified atom stereocenters. The van der Waals surface area contributed by atoms with Gasteiger partial charge in [-0.15, -0.1) is 0 Å². The summed E-state index contributed by atoms with van der Waals surface area (Å²) in [5.74, 6) is 1.52. The average Bonchev–Trinajstić information content (AvgIpc) is 2.71. The summed E-state index contributed by atoms with van der Waals surface area (Å²) in [5.41, 5.74) is 3.93. The molecule has 0 aliphatic carbocycles. The third-order valence-corrected chi connectivity index (χ3v) is 4.11. The number of fused-ring (bicyclic) bond motifs is 1. The van der Waals surface area contributed by atoms with Crippen LogP contribution in [0.3, 0.4) is 0 Å². The molecule has 0 spiro atoms. The summed E-state index contributed by atoms with van der Waals surface area (Å²) in [6, 6.07) is 16.9. The molecule has 3 rings (SSSR count). The number of anilines is 1. The first-order valence-corrected chi connectivity index (χ1v) is 7.81. The highest BCUT2D eigenvalue weighted by Gasteiger charge is 2.18. The number of rotatable bonds is 3. The first kappa shape index (κ1) is 14.0. The minimum absolute atomic E-state index is 0.220. The maximum Gasteiger partial charge on any atom is 0.123 e. The smallest absolute Gasteiger partial charge is 0.123 e. The maximum atomic E-state index is 6.30. The van der Waals surface area contributed by atoms with Gasteiger partial charge in [-0.1, -0.05) is 50.2 Å². The van der Waals surface area contributed by atoms with Gasteiger partial charge in [-0.2, -0.15) is 0 Å². The van der Waals surface area contributed by atoms with E-state index in [9.17, 15) is 0 Å². The molecule has 1 aliphatic rings. The summed E-state index contributed by atoms with van der Waals surface area (Å²) < 4.78 is 6.30. The number of hydrogen-bond acceptors (Lipinski definition) is 2. The van der Waals surface area contributed by atoms with E-state index in [1.807, 2.05) is 0 Å². The van der Waals surface area contributed by atoms with Gasteiger partial charge in [0.2, 0.25) is 0 Å². The van der Waals surface area contributed by atoms with E-state index in [2.05, 4.69) is 67.7 Å². The van der Waals surface area contributed by atoms with Crippen LogP contribution in [0, 0.1) is 0 Å². The Labute approximate surface area is 127 Å². The van der Waals surface area contributed by atoms with E-state index in [1.54, 1.807) is 0 Å². The van der Waals surface area contributed by atoms with Crippen molar-refractivity contribution in [2.24, 2.45) is 0 Å². The largest absolute Gasteiger partial charge is 0.488 e. The number of hydrogen-bond donors (Lipinski definition) is 1. The monoisotopic (exact) mass is 281 g/mol. The molecule has 1 heterocycles.